The number of piperidine rings is 1. The summed E-state index contributed by atoms with van der Waals surface area (Å²) in [5.41, 5.74) is 1.08. The molecule has 0 amide bonds. The molecule has 1 fully saturated rings. The van der Waals surface area contributed by atoms with Crippen LogP contribution in [0.15, 0.2) is 6.20 Å². The molecule has 1 aliphatic heterocycles. The lowest BCUT2D eigenvalue weighted by atomic mass is 10.0. The minimum Gasteiger partial charge on any atom is -0.317 e. The molecule has 1 saturated heterocycles. The van der Waals surface area contributed by atoms with Crippen LogP contribution in [0.25, 0.3) is 0 Å². The molecule has 2 rings (SSSR count). The van der Waals surface area contributed by atoms with E-state index in [1.165, 1.54) is 19.3 Å². The Morgan fingerprint density at radius 2 is 2.24 bits per heavy atom. The van der Waals surface area contributed by atoms with Crippen LogP contribution in [0.3, 0.4) is 0 Å². The summed E-state index contributed by atoms with van der Waals surface area (Å²) in [4.78, 5) is 2.56. The fourth-order valence-corrected chi connectivity index (χ4v) is 2.53. The Kier molecular flexibility index (Phi) is 4.50. The smallest absolute Gasteiger partial charge is 0.0967 e. The van der Waals surface area contributed by atoms with Crippen LogP contribution in [0, 0.1) is 0 Å². The van der Waals surface area contributed by atoms with Crippen molar-refractivity contribution in [2.75, 3.05) is 19.6 Å². The SMILES string of the molecule is CCCN(Cc1cn(C)nn1)C1CCNCC1. The van der Waals surface area contributed by atoms with Gasteiger partial charge < -0.3 is 5.32 Å². The number of aromatic nitrogens is 3. The van der Waals surface area contributed by atoms with Crippen molar-refractivity contribution in [3.05, 3.63) is 11.9 Å². The van der Waals surface area contributed by atoms with Crippen molar-refractivity contribution >= 4 is 0 Å². The second kappa shape index (κ2) is 6.12. The zero-order chi connectivity index (χ0) is 12.1. The van der Waals surface area contributed by atoms with Crippen molar-refractivity contribution in [1.82, 2.24) is 25.2 Å². The topological polar surface area (TPSA) is 46.0 Å². The summed E-state index contributed by atoms with van der Waals surface area (Å²) in [6, 6.07) is 0.707. The molecule has 17 heavy (non-hydrogen) atoms. The molecule has 0 atom stereocenters. The zero-order valence-corrected chi connectivity index (χ0v) is 10.9. The molecule has 1 aromatic heterocycles. The zero-order valence-electron chi connectivity index (χ0n) is 10.9. The van der Waals surface area contributed by atoms with Gasteiger partial charge in [0.25, 0.3) is 0 Å². The van der Waals surface area contributed by atoms with Crippen molar-refractivity contribution in [2.24, 2.45) is 7.05 Å². The van der Waals surface area contributed by atoms with E-state index >= 15 is 0 Å². The maximum absolute atomic E-state index is 4.19. The number of aryl methyl sites for hydroxylation is 1. The summed E-state index contributed by atoms with van der Waals surface area (Å²) in [6.45, 7) is 6.62. The van der Waals surface area contributed by atoms with Crippen molar-refractivity contribution in [1.29, 1.82) is 0 Å². The first-order valence-corrected chi connectivity index (χ1v) is 6.59. The molecule has 0 radical (unpaired) electrons. The van der Waals surface area contributed by atoms with Crippen LogP contribution in [0.4, 0.5) is 0 Å². The van der Waals surface area contributed by atoms with Crippen LogP contribution in [0.5, 0.6) is 0 Å². The van der Waals surface area contributed by atoms with Crippen LogP contribution in [0.1, 0.15) is 31.9 Å². The highest BCUT2D eigenvalue weighted by molar-refractivity contribution is 4.93. The summed E-state index contributed by atoms with van der Waals surface area (Å²) in [5.74, 6) is 0. The van der Waals surface area contributed by atoms with Crippen LogP contribution in [-0.2, 0) is 13.6 Å². The Morgan fingerprint density at radius 1 is 1.47 bits per heavy atom. The molecule has 5 heteroatoms. The van der Waals surface area contributed by atoms with Gasteiger partial charge in [0.15, 0.2) is 0 Å². The average Bonchev–Trinajstić information content (AvgIpc) is 2.75. The fraction of sp³-hybridized carbons (Fsp3) is 0.833. The van der Waals surface area contributed by atoms with Gasteiger partial charge >= 0.3 is 0 Å². The first-order chi connectivity index (χ1) is 8.29. The molecule has 0 aromatic carbocycles. The maximum Gasteiger partial charge on any atom is 0.0967 e. The van der Waals surface area contributed by atoms with E-state index < -0.39 is 0 Å². The molecule has 0 spiro atoms. The molecule has 1 N–H and O–H groups in total. The van der Waals surface area contributed by atoms with Crippen molar-refractivity contribution < 1.29 is 0 Å². The van der Waals surface area contributed by atoms with Crippen molar-refractivity contribution in [3.63, 3.8) is 0 Å². The molecule has 0 aliphatic carbocycles. The third-order valence-electron chi connectivity index (χ3n) is 3.35. The maximum atomic E-state index is 4.19. The summed E-state index contributed by atoms with van der Waals surface area (Å²) >= 11 is 0. The Balaban J connectivity index is 1.95. The van der Waals surface area contributed by atoms with Gasteiger partial charge in [-0.2, -0.15) is 0 Å². The van der Waals surface area contributed by atoms with Gasteiger partial charge in [0, 0.05) is 25.8 Å². The van der Waals surface area contributed by atoms with Gasteiger partial charge in [0.05, 0.1) is 5.69 Å². The molecular formula is C12H23N5. The normalized spacial score (nSPS) is 17.8. The molecule has 0 unspecified atom stereocenters. The fourth-order valence-electron chi connectivity index (χ4n) is 2.53. The summed E-state index contributed by atoms with van der Waals surface area (Å²) in [6.07, 6.45) is 5.72. The summed E-state index contributed by atoms with van der Waals surface area (Å²) < 4.78 is 1.78. The van der Waals surface area contributed by atoms with E-state index in [0.717, 1.165) is 31.9 Å². The minimum atomic E-state index is 0.707. The van der Waals surface area contributed by atoms with E-state index in [4.69, 9.17) is 0 Å². The number of nitrogens with zero attached hydrogens (tertiary/aromatic N) is 4. The van der Waals surface area contributed by atoms with E-state index in [1.54, 1.807) is 4.68 Å². The van der Waals surface area contributed by atoms with E-state index in [-0.39, 0.29) is 0 Å². The molecule has 0 bridgehead atoms. The standard InChI is InChI=1S/C12H23N5/c1-3-8-17(12-4-6-13-7-5-12)10-11-9-16(2)15-14-11/h9,12-13H,3-8,10H2,1-2H3. The van der Waals surface area contributed by atoms with Crippen LogP contribution in [-0.4, -0.2) is 45.6 Å². The lowest BCUT2D eigenvalue weighted by molar-refractivity contribution is 0.152. The number of hydrogen-bond donors (Lipinski definition) is 1. The molecule has 1 aromatic rings. The number of nitrogens with one attached hydrogen (secondary N) is 1. The Bertz CT molecular complexity index is 329. The van der Waals surface area contributed by atoms with Crippen molar-refractivity contribution in [2.45, 2.75) is 38.8 Å². The van der Waals surface area contributed by atoms with E-state index in [0.29, 0.717) is 6.04 Å². The predicted molar refractivity (Wildman–Crippen MR) is 67.6 cm³/mol. The Morgan fingerprint density at radius 3 is 2.82 bits per heavy atom. The third-order valence-corrected chi connectivity index (χ3v) is 3.35. The summed E-state index contributed by atoms with van der Waals surface area (Å²) in [5, 5.41) is 11.6. The molecule has 0 saturated carbocycles. The van der Waals surface area contributed by atoms with Gasteiger partial charge in [-0.05, 0) is 38.9 Å². The highest BCUT2D eigenvalue weighted by Gasteiger charge is 2.21. The van der Waals surface area contributed by atoms with Gasteiger partial charge in [-0.25, -0.2) is 0 Å². The summed E-state index contributed by atoms with van der Waals surface area (Å²) in [7, 11) is 1.92. The van der Waals surface area contributed by atoms with Gasteiger partial charge in [-0.1, -0.05) is 12.1 Å². The second-order valence-electron chi connectivity index (χ2n) is 4.84. The van der Waals surface area contributed by atoms with Gasteiger partial charge in [-0.3, -0.25) is 9.58 Å². The Labute approximate surface area is 103 Å². The van der Waals surface area contributed by atoms with Gasteiger partial charge in [0.1, 0.15) is 0 Å². The average molecular weight is 237 g/mol. The molecule has 96 valence electrons. The Hall–Kier alpha value is -0.940. The quantitative estimate of drug-likeness (QED) is 0.822. The van der Waals surface area contributed by atoms with E-state index in [9.17, 15) is 0 Å². The first-order valence-electron chi connectivity index (χ1n) is 6.59. The first kappa shape index (κ1) is 12.5. The van der Waals surface area contributed by atoms with Gasteiger partial charge in [-0.15, -0.1) is 5.10 Å². The largest absolute Gasteiger partial charge is 0.317 e. The lowest BCUT2D eigenvalue weighted by Gasteiger charge is -2.33. The van der Waals surface area contributed by atoms with E-state index in [1.807, 2.05) is 13.2 Å². The van der Waals surface area contributed by atoms with E-state index in [2.05, 4.69) is 27.5 Å². The third kappa shape index (κ3) is 3.51. The highest BCUT2D eigenvalue weighted by atomic mass is 15.4. The second-order valence-corrected chi connectivity index (χ2v) is 4.84. The molecule has 1 aliphatic rings. The van der Waals surface area contributed by atoms with Gasteiger partial charge in [0.2, 0.25) is 0 Å². The van der Waals surface area contributed by atoms with Crippen LogP contribution >= 0.6 is 0 Å². The minimum absolute atomic E-state index is 0.707. The monoisotopic (exact) mass is 237 g/mol. The molecule has 2 heterocycles. The number of hydrogen-bond acceptors (Lipinski definition) is 4. The number of rotatable bonds is 5. The molecular weight excluding hydrogens is 214 g/mol. The van der Waals surface area contributed by atoms with Crippen molar-refractivity contribution in [3.8, 4) is 0 Å². The van der Waals surface area contributed by atoms with Crippen LogP contribution in [0.2, 0.25) is 0 Å². The lowest BCUT2D eigenvalue weighted by Crippen LogP contribution is -2.43. The van der Waals surface area contributed by atoms with Crippen LogP contribution < -0.4 is 5.32 Å². The predicted octanol–water partition coefficient (Wildman–Crippen LogP) is 0.779. The highest BCUT2D eigenvalue weighted by Crippen LogP contribution is 2.14. The molecule has 5 nitrogen and oxygen atoms in total.